The molecule has 3 nitrogen and oxygen atoms in total. The van der Waals surface area contributed by atoms with E-state index in [1.807, 2.05) is 12.1 Å². The molecule has 1 atom stereocenters. The zero-order valence-electron chi connectivity index (χ0n) is 12.3. The van der Waals surface area contributed by atoms with Crippen molar-refractivity contribution in [2.75, 3.05) is 7.11 Å². The van der Waals surface area contributed by atoms with E-state index >= 15 is 0 Å². The van der Waals surface area contributed by atoms with Gasteiger partial charge in [0.15, 0.2) is 0 Å². The van der Waals surface area contributed by atoms with Crippen molar-refractivity contribution in [3.8, 4) is 0 Å². The van der Waals surface area contributed by atoms with E-state index in [1.165, 1.54) is 5.56 Å². The van der Waals surface area contributed by atoms with Crippen LogP contribution in [0.4, 0.5) is 0 Å². The fraction of sp³-hybridized carbons (Fsp3) is 0.562. The Morgan fingerprint density at radius 1 is 1.26 bits per heavy atom. The second-order valence-electron chi connectivity index (χ2n) is 5.77. The minimum Gasteiger partial charge on any atom is -0.481 e. The van der Waals surface area contributed by atoms with Crippen LogP contribution in [0.15, 0.2) is 24.3 Å². The molecular weight excluding hydrogens is 240 g/mol. The zero-order valence-corrected chi connectivity index (χ0v) is 12.3. The largest absolute Gasteiger partial charge is 0.481 e. The molecule has 0 aromatic heterocycles. The predicted molar refractivity (Wildman–Crippen MR) is 76.4 cm³/mol. The Morgan fingerprint density at radius 3 is 2.26 bits per heavy atom. The average molecular weight is 264 g/mol. The van der Waals surface area contributed by atoms with Crippen LogP contribution in [0.5, 0.6) is 0 Å². The Kier molecular flexibility index (Phi) is 5.55. The molecule has 1 N–H and O–H groups in total. The van der Waals surface area contributed by atoms with Gasteiger partial charge in [0.1, 0.15) is 0 Å². The molecule has 0 amide bonds. The maximum absolute atomic E-state index is 11.1. The molecule has 0 fully saturated rings. The first kappa shape index (κ1) is 15.7. The smallest absolute Gasteiger partial charge is 0.309 e. The van der Waals surface area contributed by atoms with Gasteiger partial charge in [0, 0.05) is 7.11 Å². The first-order valence-corrected chi connectivity index (χ1v) is 6.69. The Morgan fingerprint density at radius 2 is 1.79 bits per heavy atom. The van der Waals surface area contributed by atoms with Crippen molar-refractivity contribution < 1.29 is 14.6 Å². The third-order valence-corrected chi connectivity index (χ3v) is 3.49. The average Bonchev–Trinajstić information content (AvgIpc) is 2.37. The number of rotatable bonds is 7. The van der Waals surface area contributed by atoms with Crippen LogP contribution in [0, 0.1) is 5.41 Å². The summed E-state index contributed by atoms with van der Waals surface area (Å²) in [5.41, 5.74) is 1.61. The van der Waals surface area contributed by atoms with Crippen LogP contribution in [0.1, 0.15) is 38.3 Å². The lowest BCUT2D eigenvalue weighted by atomic mass is 9.85. The Labute approximate surface area is 115 Å². The molecule has 0 bridgehead atoms. The summed E-state index contributed by atoms with van der Waals surface area (Å²) in [5, 5.41) is 9.12. The number of hydrogen-bond donors (Lipinski definition) is 1. The van der Waals surface area contributed by atoms with Gasteiger partial charge in [-0.05, 0) is 51.2 Å². The summed E-state index contributed by atoms with van der Waals surface area (Å²) < 4.78 is 5.22. The summed E-state index contributed by atoms with van der Waals surface area (Å²) in [5.74, 6) is -0.759. The van der Waals surface area contributed by atoms with Gasteiger partial charge in [-0.15, -0.1) is 0 Å². The van der Waals surface area contributed by atoms with Crippen molar-refractivity contribution in [3.05, 3.63) is 35.4 Å². The molecule has 0 heterocycles. The number of carboxylic acid groups (broad SMARTS) is 1. The lowest BCUT2D eigenvalue weighted by Crippen LogP contribution is -2.26. The van der Waals surface area contributed by atoms with Gasteiger partial charge in [0.25, 0.3) is 0 Å². The Bertz CT molecular complexity index is 407. The molecule has 0 saturated carbocycles. The molecule has 0 aliphatic heterocycles. The van der Waals surface area contributed by atoms with Crippen LogP contribution in [-0.2, 0) is 22.4 Å². The maximum atomic E-state index is 11.1. The Hall–Kier alpha value is -1.35. The van der Waals surface area contributed by atoms with E-state index in [9.17, 15) is 4.79 Å². The van der Waals surface area contributed by atoms with E-state index in [4.69, 9.17) is 9.84 Å². The Balaban J connectivity index is 2.59. The third kappa shape index (κ3) is 5.03. The molecule has 3 heteroatoms. The number of carboxylic acids is 1. The van der Waals surface area contributed by atoms with Gasteiger partial charge in [-0.2, -0.15) is 0 Å². The van der Waals surface area contributed by atoms with Crippen molar-refractivity contribution in [1.29, 1.82) is 0 Å². The number of hydrogen-bond acceptors (Lipinski definition) is 2. The minimum atomic E-state index is -0.759. The van der Waals surface area contributed by atoms with Crippen LogP contribution < -0.4 is 0 Å². The lowest BCUT2D eigenvalue weighted by molar-refractivity contribution is -0.146. The quantitative estimate of drug-likeness (QED) is 0.822. The van der Waals surface area contributed by atoms with Crippen LogP contribution in [0.2, 0.25) is 0 Å². The van der Waals surface area contributed by atoms with E-state index in [0.29, 0.717) is 6.42 Å². The van der Waals surface area contributed by atoms with Gasteiger partial charge in [-0.1, -0.05) is 24.3 Å². The zero-order chi connectivity index (χ0) is 14.5. The summed E-state index contributed by atoms with van der Waals surface area (Å²) in [6.07, 6.45) is 2.80. The highest BCUT2D eigenvalue weighted by atomic mass is 16.5. The van der Waals surface area contributed by atoms with Gasteiger partial charge >= 0.3 is 5.97 Å². The third-order valence-electron chi connectivity index (χ3n) is 3.49. The molecule has 0 saturated heterocycles. The highest BCUT2D eigenvalue weighted by Crippen LogP contribution is 2.22. The topological polar surface area (TPSA) is 46.5 Å². The second kappa shape index (κ2) is 6.71. The molecule has 1 unspecified atom stereocenters. The molecule has 0 aliphatic rings. The molecule has 0 radical (unpaired) electrons. The lowest BCUT2D eigenvalue weighted by Gasteiger charge is -2.19. The van der Waals surface area contributed by atoms with Crippen LogP contribution in [-0.4, -0.2) is 24.3 Å². The fourth-order valence-electron chi connectivity index (χ4n) is 1.90. The number of ether oxygens (including phenoxy) is 1. The monoisotopic (exact) mass is 264 g/mol. The molecule has 19 heavy (non-hydrogen) atoms. The van der Waals surface area contributed by atoms with E-state index in [0.717, 1.165) is 18.4 Å². The first-order valence-electron chi connectivity index (χ1n) is 6.69. The van der Waals surface area contributed by atoms with Crippen molar-refractivity contribution in [2.45, 2.75) is 46.1 Å². The molecule has 106 valence electrons. The maximum Gasteiger partial charge on any atom is 0.309 e. The molecule has 0 spiro atoms. The predicted octanol–water partition coefficient (Wildman–Crippen LogP) is 3.31. The fourth-order valence-corrected chi connectivity index (χ4v) is 1.90. The number of methoxy groups -OCH3 is 1. The minimum absolute atomic E-state index is 0.269. The number of aryl methyl sites for hydroxylation is 1. The van der Waals surface area contributed by atoms with Crippen molar-refractivity contribution in [2.24, 2.45) is 5.41 Å². The van der Waals surface area contributed by atoms with Crippen LogP contribution >= 0.6 is 0 Å². The van der Waals surface area contributed by atoms with E-state index in [2.05, 4.69) is 19.1 Å². The molecular formula is C16H24O3. The standard InChI is InChI=1S/C16H24O3/c1-12(19-4)5-6-13-7-9-14(10-8-13)11-16(2,3)15(17)18/h7-10,12H,5-6,11H2,1-4H3,(H,17,18). The summed E-state index contributed by atoms with van der Waals surface area (Å²) in [6, 6.07) is 8.21. The second-order valence-corrected chi connectivity index (χ2v) is 5.77. The summed E-state index contributed by atoms with van der Waals surface area (Å²) >= 11 is 0. The molecule has 1 aromatic rings. The molecule has 1 rings (SSSR count). The van der Waals surface area contributed by atoms with Crippen LogP contribution in [0.3, 0.4) is 0 Å². The van der Waals surface area contributed by atoms with Crippen LogP contribution in [0.25, 0.3) is 0 Å². The number of benzene rings is 1. The normalized spacial score (nSPS) is 13.3. The van der Waals surface area contributed by atoms with Gasteiger partial charge in [0.2, 0.25) is 0 Å². The van der Waals surface area contributed by atoms with Gasteiger partial charge in [0.05, 0.1) is 11.5 Å². The van der Waals surface area contributed by atoms with Gasteiger partial charge in [-0.3, -0.25) is 4.79 Å². The van der Waals surface area contributed by atoms with Gasteiger partial charge in [-0.25, -0.2) is 0 Å². The molecule has 1 aromatic carbocycles. The highest BCUT2D eigenvalue weighted by molar-refractivity contribution is 5.74. The van der Waals surface area contributed by atoms with E-state index in [1.54, 1.807) is 21.0 Å². The van der Waals surface area contributed by atoms with E-state index in [-0.39, 0.29) is 6.10 Å². The van der Waals surface area contributed by atoms with Crippen molar-refractivity contribution in [1.82, 2.24) is 0 Å². The van der Waals surface area contributed by atoms with Crippen molar-refractivity contribution in [3.63, 3.8) is 0 Å². The molecule has 0 aliphatic carbocycles. The highest BCUT2D eigenvalue weighted by Gasteiger charge is 2.27. The van der Waals surface area contributed by atoms with Gasteiger partial charge < -0.3 is 9.84 Å². The van der Waals surface area contributed by atoms with Crippen molar-refractivity contribution >= 4 is 5.97 Å². The summed E-state index contributed by atoms with van der Waals surface area (Å²) in [6.45, 7) is 5.57. The SMILES string of the molecule is COC(C)CCc1ccc(CC(C)(C)C(=O)O)cc1. The summed E-state index contributed by atoms with van der Waals surface area (Å²) in [4.78, 5) is 11.1. The first-order chi connectivity index (χ1) is 8.85. The number of carbonyl (C=O) groups is 1. The van der Waals surface area contributed by atoms with E-state index < -0.39 is 11.4 Å². The summed E-state index contributed by atoms with van der Waals surface area (Å²) in [7, 11) is 1.72. The number of aliphatic carboxylic acids is 1.